The fourth-order valence-electron chi connectivity index (χ4n) is 0.832. The van der Waals surface area contributed by atoms with E-state index in [0.29, 0.717) is 0 Å². The molecular formula is C9H16F3NO3. The van der Waals surface area contributed by atoms with E-state index in [4.69, 9.17) is 5.11 Å². The predicted octanol–water partition coefficient (Wildman–Crippen LogP) is 0.843. The number of hydrogen-bond acceptors (Lipinski definition) is 3. The molecule has 0 radical (unpaired) electrons. The van der Waals surface area contributed by atoms with Crippen molar-refractivity contribution in [2.45, 2.75) is 32.0 Å². The van der Waals surface area contributed by atoms with Gasteiger partial charge in [-0.05, 0) is 13.8 Å². The first kappa shape index (κ1) is 15.2. The molecule has 0 aromatic rings. The molecule has 0 aromatic heterocycles. The second-order valence-corrected chi connectivity index (χ2v) is 4.01. The molecule has 0 bridgehead atoms. The van der Waals surface area contributed by atoms with Gasteiger partial charge in [-0.15, -0.1) is 0 Å². The van der Waals surface area contributed by atoms with E-state index in [1.54, 1.807) is 13.8 Å². The number of aliphatic hydroxyl groups is 1. The molecule has 2 N–H and O–H groups in total. The number of ether oxygens (including phenoxy) is 1. The Labute approximate surface area is 91.8 Å². The van der Waals surface area contributed by atoms with Crippen molar-refractivity contribution in [2.75, 3.05) is 19.8 Å². The monoisotopic (exact) mass is 243 g/mol. The van der Waals surface area contributed by atoms with Crippen molar-refractivity contribution in [1.82, 2.24) is 5.32 Å². The van der Waals surface area contributed by atoms with Crippen molar-refractivity contribution in [3.63, 3.8) is 0 Å². The molecule has 0 heterocycles. The third kappa shape index (κ3) is 8.49. The van der Waals surface area contributed by atoms with E-state index in [1.807, 2.05) is 0 Å². The molecule has 0 fully saturated rings. The molecule has 7 heteroatoms. The van der Waals surface area contributed by atoms with E-state index in [1.165, 1.54) is 0 Å². The van der Waals surface area contributed by atoms with Gasteiger partial charge in [-0.1, -0.05) is 0 Å². The summed E-state index contributed by atoms with van der Waals surface area (Å²) >= 11 is 0. The average molecular weight is 243 g/mol. The van der Waals surface area contributed by atoms with Crippen LogP contribution in [0, 0.1) is 0 Å². The zero-order valence-electron chi connectivity index (χ0n) is 9.23. The van der Waals surface area contributed by atoms with Gasteiger partial charge < -0.3 is 15.2 Å². The Morgan fingerprint density at radius 3 is 2.38 bits per heavy atom. The summed E-state index contributed by atoms with van der Waals surface area (Å²) in [5.74, 6) is -0.457. The summed E-state index contributed by atoms with van der Waals surface area (Å²) in [5.41, 5.74) is -0.777. The number of rotatable bonds is 6. The quantitative estimate of drug-likeness (QED) is 0.680. The normalized spacial score (nSPS) is 12.6. The smallest absolute Gasteiger partial charge is 0.394 e. The highest BCUT2D eigenvalue weighted by Gasteiger charge is 2.27. The number of hydrogen-bond donors (Lipinski definition) is 2. The zero-order chi connectivity index (χ0) is 12.8. The van der Waals surface area contributed by atoms with E-state index < -0.39 is 24.2 Å². The number of alkyl halides is 3. The molecule has 0 saturated carbocycles. The fraction of sp³-hybridized carbons (Fsp3) is 0.889. The van der Waals surface area contributed by atoms with E-state index in [-0.39, 0.29) is 19.6 Å². The number of carbonyl (C=O) groups excluding carboxylic acids is 1. The summed E-state index contributed by atoms with van der Waals surface area (Å²) < 4.78 is 39.2. The van der Waals surface area contributed by atoms with Crippen molar-refractivity contribution in [1.29, 1.82) is 0 Å². The lowest BCUT2D eigenvalue weighted by Gasteiger charge is -2.23. The van der Waals surface area contributed by atoms with Gasteiger partial charge in [-0.25, -0.2) is 0 Å². The summed E-state index contributed by atoms with van der Waals surface area (Å²) in [5, 5.41) is 11.3. The molecule has 96 valence electrons. The third-order valence-electron chi connectivity index (χ3n) is 1.61. The van der Waals surface area contributed by atoms with Crippen LogP contribution in [0.3, 0.4) is 0 Å². The second kappa shape index (κ2) is 6.05. The van der Waals surface area contributed by atoms with Gasteiger partial charge in [0, 0.05) is 6.42 Å². The summed E-state index contributed by atoms with van der Waals surface area (Å²) in [6.45, 7) is 1.29. The van der Waals surface area contributed by atoms with Crippen molar-refractivity contribution < 1.29 is 27.8 Å². The van der Waals surface area contributed by atoms with Crippen LogP contribution in [0.1, 0.15) is 20.3 Å². The minimum Gasteiger partial charge on any atom is -0.394 e. The molecule has 0 saturated heterocycles. The number of amides is 1. The van der Waals surface area contributed by atoms with Crippen LogP contribution in [0.25, 0.3) is 0 Å². The molecule has 0 aromatic carbocycles. The first-order valence-corrected chi connectivity index (χ1v) is 4.73. The van der Waals surface area contributed by atoms with E-state index in [0.717, 1.165) is 0 Å². The zero-order valence-corrected chi connectivity index (χ0v) is 9.23. The Kier molecular flexibility index (Phi) is 5.74. The maximum absolute atomic E-state index is 11.6. The summed E-state index contributed by atoms with van der Waals surface area (Å²) in [6, 6.07) is 0. The van der Waals surface area contributed by atoms with Crippen molar-refractivity contribution in [2.24, 2.45) is 0 Å². The maximum atomic E-state index is 11.6. The van der Waals surface area contributed by atoms with Crippen molar-refractivity contribution in [3.8, 4) is 0 Å². The van der Waals surface area contributed by atoms with E-state index >= 15 is 0 Å². The Morgan fingerprint density at radius 1 is 1.38 bits per heavy atom. The fourth-order valence-corrected chi connectivity index (χ4v) is 0.832. The Morgan fingerprint density at radius 2 is 1.94 bits per heavy atom. The third-order valence-corrected chi connectivity index (χ3v) is 1.61. The highest BCUT2D eigenvalue weighted by molar-refractivity contribution is 5.76. The van der Waals surface area contributed by atoms with Gasteiger partial charge >= 0.3 is 6.18 Å². The Hall–Kier alpha value is -0.820. The highest BCUT2D eigenvalue weighted by atomic mass is 19.4. The van der Waals surface area contributed by atoms with Gasteiger partial charge in [0.25, 0.3) is 0 Å². The largest absolute Gasteiger partial charge is 0.411 e. The maximum Gasteiger partial charge on any atom is 0.411 e. The number of carbonyl (C=O) groups is 1. The van der Waals surface area contributed by atoms with Crippen LogP contribution in [0.2, 0.25) is 0 Å². The van der Waals surface area contributed by atoms with Crippen LogP contribution in [-0.2, 0) is 9.53 Å². The Bertz CT molecular complexity index is 229. The van der Waals surface area contributed by atoms with Crippen molar-refractivity contribution >= 4 is 5.91 Å². The molecule has 0 atom stereocenters. The lowest BCUT2D eigenvalue weighted by molar-refractivity contribution is -0.174. The van der Waals surface area contributed by atoms with Gasteiger partial charge in [-0.3, -0.25) is 4.79 Å². The first-order chi connectivity index (χ1) is 7.16. The van der Waals surface area contributed by atoms with Crippen LogP contribution >= 0.6 is 0 Å². The molecule has 0 rings (SSSR count). The average Bonchev–Trinajstić information content (AvgIpc) is 2.10. The van der Waals surface area contributed by atoms with Crippen LogP contribution in [0.15, 0.2) is 0 Å². The SMILES string of the molecule is CC(C)(CO)NC(=O)CCOCC(F)(F)F. The predicted molar refractivity (Wildman–Crippen MR) is 50.8 cm³/mol. The van der Waals surface area contributed by atoms with Gasteiger partial charge in [0.05, 0.1) is 18.8 Å². The lowest BCUT2D eigenvalue weighted by atomic mass is 10.1. The molecule has 0 aliphatic rings. The second-order valence-electron chi connectivity index (χ2n) is 4.01. The molecular weight excluding hydrogens is 227 g/mol. The lowest BCUT2D eigenvalue weighted by Crippen LogP contribution is -2.46. The molecule has 0 unspecified atom stereocenters. The van der Waals surface area contributed by atoms with Crippen LogP contribution in [0.4, 0.5) is 13.2 Å². The number of aliphatic hydroxyl groups excluding tert-OH is 1. The molecule has 16 heavy (non-hydrogen) atoms. The van der Waals surface area contributed by atoms with Gasteiger partial charge in [0.15, 0.2) is 0 Å². The standard InChI is InChI=1S/C9H16F3NO3/c1-8(2,5-14)13-7(15)3-4-16-6-9(10,11)12/h14H,3-6H2,1-2H3,(H,13,15). The van der Waals surface area contributed by atoms with Gasteiger partial charge in [0.1, 0.15) is 6.61 Å². The van der Waals surface area contributed by atoms with Crippen LogP contribution < -0.4 is 5.32 Å². The molecule has 1 amide bonds. The first-order valence-electron chi connectivity index (χ1n) is 4.73. The van der Waals surface area contributed by atoms with Crippen molar-refractivity contribution in [3.05, 3.63) is 0 Å². The summed E-state index contributed by atoms with van der Waals surface area (Å²) in [6.07, 6.45) is -4.54. The van der Waals surface area contributed by atoms with E-state index in [9.17, 15) is 18.0 Å². The summed E-state index contributed by atoms with van der Waals surface area (Å²) in [7, 11) is 0. The molecule has 0 aliphatic heterocycles. The minimum absolute atomic E-state index is 0.167. The Balaban J connectivity index is 3.67. The van der Waals surface area contributed by atoms with Gasteiger partial charge in [-0.2, -0.15) is 13.2 Å². The van der Waals surface area contributed by atoms with Crippen LogP contribution in [0.5, 0.6) is 0 Å². The summed E-state index contributed by atoms with van der Waals surface area (Å²) in [4.78, 5) is 11.2. The number of nitrogens with one attached hydrogen (secondary N) is 1. The topological polar surface area (TPSA) is 58.6 Å². The minimum atomic E-state index is -4.37. The van der Waals surface area contributed by atoms with E-state index in [2.05, 4.69) is 10.1 Å². The van der Waals surface area contributed by atoms with Crippen LogP contribution in [-0.4, -0.2) is 42.5 Å². The number of halogens is 3. The molecule has 4 nitrogen and oxygen atoms in total. The van der Waals surface area contributed by atoms with Gasteiger partial charge in [0.2, 0.25) is 5.91 Å². The molecule has 0 aliphatic carbocycles. The molecule has 0 spiro atoms. The highest BCUT2D eigenvalue weighted by Crippen LogP contribution is 2.14.